The lowest BCUT2D eigenvalue weighted by molar-refractivity contribution is -0.118. The second-order valence-corrected chi connectivity index (χ2v) is 9.28. The van der Waals surface area contributed by atoms with E-state index in [4.69, 9.17) is 4.74 Å². The van der Waals surface area contributed by atoms with Crippen LogP contribution in [0.3, 0.4) is 0 Å². The van der Waals surface area contributed by atoms with Gasteiger partial charge in [0.05, 0.1) is 19.0 Å². The number of ether oxygens (including phenoxy) is 1. The van der Waals surface area contributed by atoms with Gasteiger partial charge in [-0.25, -0.2) is 13.8 Å². The van der Waals surface area contributed by atoms with E-state index in [1.807, 2.05) is 17.7 Å². The third kappa shape index (κ3) is 7.07. The largest absolute Gasteiger partial charge is 0.383 e. The van der Waals surface area contributed by atoms with E-state index in [2.05, 4.69) is 34.8 Å². The molecule has 1 amide bonds. The number of aryl methyl sites for hydroxylation is 1. The van der Waals surface area contributed by atoms with E-state index in [-0.39, 0.29) is 24.0 Å². The zero-order chi connectivity index (χ0) is 24.7. The average molecular weight is 478 g/mol. The van der Waals surface area contributed by atoms with Gasteiger partial charge in [-0.1, -0.05) is 13.3 Å². The van der Waals surface area contributed by atoms with Gasteiger partial charge in [-0.2, -0.15) is 0 Å². The number of hydrogen-bond donors (Lipinski definition) is 3. The van der Waals surface area contributed by atoms with Crippen molar-refractivity contribution >= 4 is 11.7 Å². The van der Waals surface area contributed by atoms with Crippen LogP contribution in [0.2, 0.25) is 0 Å². The van der Waals surface area contributed by atoms with Crippen molar-refractivity contribution in [3.8, 4) is 0 Å². The molecule has 0 bridgehead atoms. The second kappa shape index (κ2) is 12.4. The normalized spacial score (nSPS) is 18.2. The molecule has 0 saturated carbocycles. The molecular formula is C25H37F2N5O2. The van der Waals surface area contributed by atoms with Crippen LogP contribution in [0.25, 0.3) is 0 Å². The molecule has 4 atom stereocenters. The van der Waals surface area contributed by atoms with E-state index in [1.165, 1.54) is 6.07 Å². The highest BCUT2D eigenvalue weighted by Gasteiger charge is 2.27. The Labute approximate surface area is 200 Å². The number of methoxy groups -OCH3 is 1. The van der Waals surface area contributed by atoms with Gasteiger partial charge in [0.25, 0.3) is 0 Å². The van der Waals surface area contributed by atoms with Crippen LogP contribution in [0, 0.1) is 11.6 Å². The first kappa shape index (κ1) is 26.2. The Bertz CT molecular complexity index is 951. The molecule has 2 aromatic rings. The van der Waals surface area contributed by atoms with Crippen molar-refractivity contribution in [2.45, 2.75) is 77.0 Å². The van der Waals surface area contributed by atoms with Crippen LogP contribution in [-0.2, 0) is 22.4 Å². The predicted molar refractivity (Wildman–Crippen MR) is 129 cm³/mol. The minimum absolute atomic E-state index is 0.0486. The minimum atomic E-state index is -0.542. The Morgan fingerprint density at radius 1 is 1.32 bits per heavy atom. The summed E-state index contributed by atoms with van der Waals surface area (Å²) in [6.07, 6.45) is 6.77. The van der Waals surface area contributed by atoms with Crippen molar-refractivity contribution in [2.24, 2.45) is 0 Å². The minimum Gasteiger partial charge on any atom is -0.383 e. The maximum absolute atomic E-state index is 14.3. The smallest absolute Gasteiger partial charge is 0.242 e. The maximum atomic E-state index is 14.3. The number of rotatable bonds is 12. The van der Waals surface area contributed by atoms with Crippen LogP contribution in [-0.4, -0.2) is 53.8 Å². The molecule has 1 aromatic heterocycles. The molecule has 0 saturated heterocycles. The molecule has 1 aliphatic rings. The van der Waals surface area contributed by atoms with E-state index >= 15 is 0 Å². The summed E-state index contributed by atoms with van der Waals surface area (Å²) in [5, 5.41) is 9.73. The highest BCUT2D eigenvalue weighted by Crippen LogP contribution is 2.26. The van der Waals surface area contributed by atoms with Crippen molar-refractivity contribution in [3.63, 3.8) is 0 Å². The Morgan fingerprint density at radius 2 is 2.12 bits per heavy atom. The van der Waals surface area contributed by atoms with Gasteiger partial charge in [-0.05, 0) is 56.7 Å². The number of fused-ring (bicyclic) bond motifs is 1. The number of carbonyl (C=O) groups excluding carboxylic acids is 1. The Morgan fingerprint density at radius 3 is 2.85 bits per heavy atom. The number of benzene rings is 1. The first-order valence-electron chi connectivity index (χ1n) is 12.1. The Balaban J connectivity index is 1.57. The van der Waals surface area contributed by atoms with Crippen molar-refractivity contribution < 1.29 is 18.3 Å². The maximum Gasteiger partial charge on any atom is 0.242 e. The molecule has 0 spiro atoms. The second-order valence-electron chi connectivity index (χ2n) is 9.28. The van der Waals surface area contributed by atoms with Crippen LogP contribution >= 0.6 is 0 Å². The number of anilines is 1. The fraction of sp³-hybridized carbons (Fsp3) is 0.600. The monoisotopic (exact) mass is 477 g/mol. The average Bonchev–Trinajstić information content (AvgIpc) is 3.26. The number of hydrogen-bond acceptors (Lipinski definition) is 5. The Kier molecular flexibility index (Phi) is 9.55. The highest BCUT2D eigenvalue weighted by molar-refractivity contribution is 5.94. The van der Waals surface area contributed by atoms with Crippen LogP contribution < -0.4 is 16.0 Å². The lowest BCUT2D eigenvalue weighted by atomic mass is 9.87. The number of nitrogens with zero attached hydrogens (tertiary/aromatic N) is 2. The topological polar surface area (TPSA) is 80.2 Å². The number of aromatic nitrogens is 2. The van der Waals surface area contributed by atoms with Crippen LogP contribution in [0.5, 0.6) is 0 Å². The third-order valence-corrected chi connectivity index (χ3v) is 6.34. The summed E-state index contributed by atoms with van der Waals surface area (Å²) in [5.74, 6) is -0.708. The molecule has 0 fully saturated rings. The summed E-state index contributed by atoms with van der Waals surface area (Å²) in [7, 11) is 1.68. The molecule has 0 unspecified atom stereocenters. The molecule has 7 nitrogen and oxygen atoms in total. The van der Waals surface area contributed by atoms with Crippen molar-refractivity contribution in [3.05, 3.63) is 47.4 Å². The molecule has 34 heavy (non-hydrogen) atoms. The third-order valence-electron chi connectivity index (χ3n) is 6.34. The molecule has 3 N–H and O–H groups in total. The van der Waals surface area contributed by atoms with Gasteiger partial charge in [0.2, 0.25) is 5.91 Å². The van der Waals surface area contributed by atoms with Gasteiger partial charge < -0.3 is 25.3 Å². The van der Waals surface area contributed by atoms with Crippen LogP contribution in [0.15, 0.2) is 24.7 Å². The summed E-state index contributed by atoms with van der Waals surface area (Å²) in [4.78, 5) is 17.4. The number of amides is 1. The van der Waals surface area contributed by atoms with Crippen LogP contribution in [0.1, 0.15) is 57.2 Å². The zero-order valence-electron chi connectivity index (χ0n) is 20.5. The summed E-state index contributed by atoms with van der Waals surface area (Å²) in [5.41, 5.74) is 1.26. The van der Waals surface area contributed by atoms with Crippen LogP contribution in [0.4, 0.5) is 14.6 Å². The molecule has 1 aliphatic carbocycles. The fourth-order valence-corrected chi connectivity index (χ4v) is 4.43. The van der Waals surface area contributed by atoms with Crippen molar-refractivity contribution in [2.75, 3.05) is 25.6 Å². The molecule has 188 valence electrons. The van der Waals surface area contributed by atoms with Crippen molar-refractivity contribution in [1.82, 2.24) is 20.2 Å². The highest BCUT2D eigenvalue weighted by atomic mass is 19.1. The molecule has 3 rings (SSSR count). The fourth-order valence-electron chi connectivity index (χ4n) is 4.43. The number of imidazole rings is 1. The summed E-state index contributed by atoms with van der Waals surface area (Å²) in [6.45, 7) is 7.55. The Hall–Kier alpha value is -2.36. The standard InChI is InChI=1S/C25H37F2N5O2/c1-5-6-23(30-20-8-7-18-9-19(26)10-22(27)21(18)11-20)25(33)31-24-13-32(15-29-24)17(3)12-28-16(2)14-34-4/h9-10,13,15-17,20,23,28,30H,5-8,11-12,14H2,1-4H3,(H,31,33)/t16-,17-,20-,23-/m0/s1. The van der Waals surface area contributed by atoms with Gasteiger partial charge in [0.1, 0.15) is 11.6 Å². The van der Waals surface area contributed by atoms with E-state index in [1.54, 1.807) is 13.4 Å². The quantitative estimate of drug-likeness (QED) is 0.435. The molecule has 1 aromatic carbocycles. The summed E-state index contributed by atoms with van der Waals surface area (Å²) >= 11 is 0. The number of nitrogens with one attached hydrogen (secondary N) is 3. The number of halogens is 2. The molecule has 0 radical (unpaired) electrons. The van der Waals surface area contributed by atoms with Crippen molar-refractivity contribution in [1.29, 1.82) is 0 Å². The zero-order valence-corrected chi connectivity index (χ0v) is 20.5. The van der Waals surface area contributed by atoms with Gasteiger partial charge in [0.15, 0.2) is 5.82 Å². The molecule has 1 heterocycles. The molecule has 0 aliphatic heterocycles. The predicted octanol–water partition coefficient (Wildman–Crippen LogP) is 3.60. The first-order valence-corrected chi connectivity index (χ1v) is 12.1. The molecule has 9 heteroatoms. The lowest BCUT2D eigenvalue weighted by Crippen LogP contribution is -2.48. The number of carbonyl (C=O) groups is 1. The van der Waals surface area contributed by atoms with Gasteiger partial charge in [-0.3, -0.25) is 4.79 Å². The van der Waals surface area contributed by atoms with E-state index in [0.29, 0.717) is 37.3 Å². The summed E-state index contributed by atoms with van der Waals surface area (Å²) in [6, 6.07) is 2.28. The first-order chi connectivity index (χ1) is 16.3. The van der Waals surface area contributed by atoms with Gasteiger partial charge >= 0.3 is 0 Å². The van der Waals surface area contributed by atoms with Gasteiger partial charge in [0, 0.05) is 44.0 Å². The molecular weight excluding hydrogens is 440 g/mol. The summed E-state index contributed by atoms with van der Waals surface area (Å²) < 4.78 is 34.9. The SMILES string of the molecule is CCC[C@H](N[C@H]1CCc2cc(F)cc(F)c2C1)C(=O)Nc1cn([C@@H](C)CN[C@@H](C)COC)cn1. The van der Waals surface area contributed by atoms with E-state index in [0.717, 1.165) is 31.0 Å². The lowest BCUT2D eigenvalue weighted by Gasteiger charge is -2.29. The van der Waals surface area contributed by atoms with E-state index < -0.39 is 17.7 Å². The van der Waals surface area contributed by atoms with E-state index in [9.17, 15) is 13.6 Å². The van der Waals surface area contributed by atoms with Gasteiger partial charge in [-0.15, -0.1) is 0 Å².